The Morgan fingerprint density at radius 3 is 2.70 bits per heavy atom. The fraction of sp³-hybridized carbons (Fsp3) is 0.250. The van der Waals surface area contributed by atoms with Crippen LogP contribution in [0.1, 0.15) is 21.9 Å². The molecule has 0 bridgehead atoms. The van der Waals surface area contributed by atoms with Crippen molar-refractivity contribution in [2.75, 3.05) is 5.32 Å². The third-order valence-corrected chi connectivity index (χ3v) is 3.22. The van der Waals surface area contributed by atoms with E-state index in [-0.39, 0.29) is 17.2 Å². The second kappa shape index (κ2) is 5.04. The van der Waals surface area contributed by atoms with E-state index < -0.39 is 17.8 Å². The van der Waals surface area contributed by atoms with Gasteiger partial charge in [0.2, 0.25) is 0 Å². The summed E-state index contributed by atoms with van der Waals surface area (Å²) in [6.45, 7) is 1.68. The van der Waals surface area contributed by atoms with E-state index >= 15 is 0 Å². The molecule has 0 aliphatic carbocycles. The van der Waals surface area contributed by atoms with Crippen LogP contribution in [-0.4, -0.2) is 35.5 Å². The van der Waals surface area contributed by atoms with Crippen LogP contribution >= 0.6 is 0 Å². The predicted octanol–water partition coefficient (Wildman–Crippen LogP) is 1.44. The lowest BCUT2D eigenvalue weighted by Gasteiger charge is -2.07. The summed E-state index contributed by atoms with van der Waals surface area (Å²) in [5.74, 6) is -0.495. The van der Waals surface area contributed by atoms with Crippen molar-refractivity contribution in [3.05, 3.63) is 35.4 Å². The largest absolute Gasteiger partial charge is 0.433 e. The number of nitrogens with zero attached hydrogens (tertiary/aromatic N) is 6. The van der Waals surface area contributed by atoms with Gasteiger partial charge in [0.05, 0.1) is 5.69 Å². The topological polar surface area (TPSA) is 90.0 Å². The van der Waals surface area contributed by atoms with Crippen LogP contribution in [0.25, 0.3) is 5.65 Å². The number of fused-ring (bicyclic) bond motifs is 1. The molecule has 0 aliphatic rings. The second-order valence-electron chi connectivity index (χ2n) is 4.73. The minimum atomic E-state index is -4.61. The molecule has 3 heterocycles. The third-order valence-electron chi connectivity index (χ3n) is 3.22. The summed E-state index contributed by atoms with van der Waals surface area (Å²) < 4.78 is 40.8. The molecule has 3 aromatic rings. The summed E-state index contributed by atoms with van der Waals surface area (Å²) in [7, 11) is 1.64. The zero-order valence-corrected chi connectivity index (χ0v) is 12.0. The number of anilines is 1. The number of halogens is 3. The van der Waals surface area contributed by atoms with Gasteiger partial charge in [-0.15, -0.1) is 5.10 Å². The first kappa shape index (κ1) is 14.9. The van der Waals surface area contributed by atoms with Crippen LogP contribution in [0.3, 0.4) is 0 Å². The standard InChI is InChI=1S/C12H10F3N7O/c1-6-10(18-20-21(6)2)17-11(23)7-5-9-16-4-3-8(12(13,14)15)22(9)19-7/h3-5H,1-2H3,(H,17,23). The molecule has 1 N–H and O–H groups in total. The molecule has 0 unspecified atom stereocenters. The van der Waals surface area contributed by atoms with Crippen LogP contribution in [0.4, 0.5) is 19.0 Å². The molecule has 8 nitrogen and oxygen atoms in total. The molecule has 0 radical (unpaired) electrons. The highest BCUT2D eigenvalue weighted by Gasteiger charge is 2.34. The molecule has 0 aliphatic heterocycles. The van der Waals surface area contributed by atoms with E-state index in [4.69, 9.17) is 0 Å². The van der Waals surface area contributed by atoms with E-state index in [1.54, 1.807) is 14.0 Å². The van der Waals surface area contributed by atoms with E-state index in [0.29, 0.717) is 10.2 Å². The van der Waals surface area contributed by atoms with Crippen LogP contribution in [0.2, 0.25) is 0 Å². The number of hydrogen-bond acceptors (Lipinski definition) is 5. The van der Waals surface area contributed by atoms with Crippen molar-refractivity contribution in [1.82, 2.24) is 29.6 Å². The molecular weight excluding hydrogens is 315 g/mol. The van der Waals surface area contributed by atoms with Crippen LogP contribution < -0.4 is 5.32 Å². The SMILES string of the molecule is Cc1c(NC(=O)c2cc3nccc(C(F)(F)F)n3n2)nnn1C. The Balaban J connectivity index is 1.97. The lowest BCUT2D eigenvalue weighted by Crippen LogP contribution is -2.16. The number of nitrogens with one attached hydrogen (secondary N) is 1. The molecule has 3 aromatic heterocycles. The molecule has 23 heavy (non-hydrogen) atoms. The summed E-state index contributed by atoms with van der Waals surface area (Å²) in [5, 5.41) is 13.6. The van der Waals surface area contributed by atoms with E-state index in [2.05, 4.69) is 25.7 Å². The maximum atomic E-state index is 12.9. The first-order chi connectivity index (χ1) is 10.8. The van der Waals surface area contributed by atoms with Crippen molar-refractivity contribution in [2.45, 2.75) is 13.1 Å². The smallest absolute Gasteiger partial charge is 0.302 e. The number of aryl methyl sites for hydroxylation is 1. The summed E-state index contributed by atoms with van der Waals surface area (Å²) in [5.41, 5.74) is -0.714. The lowest BCUT2D eigenvalue weighted by atomic mass is 10.3. The summed E-state index contributed by atoms with van der Waals surface area (Å²) >= 11 is 0. The van der Waals surface area contributed by atoms with Gasteiger partial charge >= 0.3 is 6.18 Å². The fourth-order valence-corrected chi connectivity index (χ4v) is 1.91. The highest BCUT2D eigenvalue weighted by Crippen LogP contribution is 2.29. The second-order valence-corrected chi connectivity index (χ2v) is 4.73. The number of carbonyl (C=O) groups excluding carboxylic acids is 1. The molecule has 0 atom stereocenters. The molecule has 0 spiro atoms. The fourth-order valence-electron chi connectivity index (χ4n) is 1.91. The molecule has 3 rings (SSSR count). The van der Waals surface area contributed by atoms with Gasteiger partial charge in [-0.1, -0.05) is 5.21 Å². The van der Waals surface area contributed by atoms with Crippen molar-refractivity contribution < 1.29 is 18.0 Å². The van der Waals surface area contributed by atoms with Gasteiger partial charge in [-0.2, -0.15) is 18.3 Å². The highest BCUT2D eigenvalue weighted by atomic mass is 19.4. The normalized spacial score (nSPS) is 11.9. The van der Waals surface area contributed by atoms with Crippen LogP contribution in [-0.2, 0) is 13.2 Å². The van der Waals surface area contributed by atoms with Gasteiger partial charge in [0, 0.05) is 19.3 Å². The van der Waals surface area contributed by atoms with Gasteiger partial charge in [0.25, 0.3) is 5.91 Å². The first-order valence-electron chi connectivity index (χ1n) is 6.37. The highest BCUT2D eigenvalue weighted by molar-refractivity contribution is 6.03. The van der Waals surface area contributed by atoms with Crippen LogP contribution in [0, 0.1) is 6.92 Å². The van der Waals surface area contributed by atoms with E-state index in [1.165, 1.54) is 4.68 Å². The van der Waals surface area contributed by atoms with Gasteiger partial charge in [0.15, 0.2) is 17.2 Å². The zero-order chi connectivity index (χ0) is 16.8. The number of rotatable bonds is 2. The van der Waals surface area contributed by atoms with Gasteiger partial charge < -0.3 is 5.32 Å². The minimum absolute atomic E-state index is 0.0826. The first-order valence-corrected chi connectivity index (χ1v) is 6.37. The number of alkyl halides is 3. The summed E-state index contributed by atoms with van der Waals surface area (Å²) in [6, 6.07) is 1.95. The predicted molar refractivity (Wildman–Crippen MR) is 71.7 cm³/mol. The van der Waals surface area contributed by atoms with Crippen molar-refractivity contribution in [1.29, 1.82) is 0 Å². The average Bonchev–Trinajstić information content (AvgIpc) is 3.04. The van der Waals surface area contributed by atoms with Crippen molar-refractivity contribution >= 4 is 17.4 Å². The van der Waals surface area contributed by atoms with E-state index in [0.717, 1.165) is 18.3 Å². The Morgan fingerprint density at radius 2 is 2.09 bits per heavy atom. The van der Waals surface area contributed by atoms with Gasteiger partial charge in [0.1, 0.15) is 5.69 Å². The van der Waals surface area contributed by atoms with Gasteiger partial charge in [-0.25, -0.2) is 9.50 Å². The molecule has 0 fully saturated rings. The molecule has 120 valence electrons. The molecule has 0 saturated heterocycles. The Labute approximate surface area is 126 Å². The molecular formula is C12H10F3N7O. The molecule has 1 amide bonds. The Hall–Kier alpha value is -2.98. The van der Waals surface area contributed by atoms with Gasteiger partial charge in [-0.05, 0) is 13.0 Å². The Kier molecular flexibility index (Phi) is 3.27. The van der Waals surface area contributed by atoms with Crippen LogP contribution in [0.5, 0.6) is 0 Å². The van der Waals surface area contributed by atoms with Crippen molar-refractivity contribution in [3.63, 3.8) is 0 Å². The van der Waals surface area contributed by atoms with Crippen molar-refractivity contribution in [2.24, 2.45) is 7.05 Å². The average molecular weight is 325 g/mol. The molecule has 0 aromatic carbocycles. The van der Waals surface area contributed by atoms with E-state index in [9.17, 15) is 18.0 Å². The lowest BCUT2D eigenvalue weighted by molar-refractivity contribution is -0.142. The summed E-state index contributed by atoms with van der Waals surface area (Å²) in [4.78, 5) is 15.9. The van der Waals surface area contributed by atoms with Gasteiger partial charge in [-0.3, -0.25) is 9.48 Å². The monoisotopic (exact) mass is 325 g/mol. The maximum absolute atomic E-state index is 12.9. The Bertz CT molecular complexity index is 896. The van der Waals surface area contributed by atoms with Crippen molar-refractivity contribution in [3.8, 4) is 0 Å². The number of aromatic nitrogens is 6. The Morgan fingerprint density at radius 1 is 1.35 bits per heavy atom. The number of carbonyl (C=O) groups is 1. The minimum Gasteiger partial charge on any atom is -0.302 e. The zero-order valence-electron chi connectivity index (χ0n) is 12.0. The third kappa shape index (κ3) is 2.60. The molecule has 11 heteroatoms. The van der Waals surface area contributed by atoms with E-state index in [1.807, 2.05) is 0 Å². The van der Waals surface area contributed by atoms with Crippen LogP contribution in [0.15, 0.2) is 18.3 Å². The quantitative estimate of drug-likeness (QED) is 0.770. The number of hydrogen-bond donors (Lipinski definition) is 1. The summed E-state index contributed by atoms with van der Waals surface area (Å²) in [6.07, 6.45) is -3.60. The maximum Gasteiger partial charge on any atom is 0.433 e. The number of amides is 1. The molecule has 0 saturated carbocycles.